The van der Waals surface area contributed by atoms with Crippen LogP contribution in [0.15, 0.2) is 18.2 Å². The molecule has 1 fully saturated rings. The number of hydrogen-bond acceptors (Lipinski definition) is 2. The van der Waals surface area contributed by atoms with Gasteiger partial charge in [-0.3, -0.25) is 4.79 Å². The van der Waals surface area contributed by atoms with Gasteiger partial charge in [-0.25, -0.2) is 4.39 Å². The van der Waals surface area contributed by atoms with Crippen LogP contribution in [0.2, 0.25) is 0 Å². The molecule has 1 aromatic carbocycles. The Morgan fingerprint density at radius 1 is 1.47 bits per heavy atom. The third-order valence-corrected chi connectivity index (χ3v) is 3.89. The van der Waals surface area contributed by atoms with Gasteiger partial charge in [0.25, 0.3) is 5.91 Å². The molecule has 1 aromatic rings. The maximum Gasteiger partial charge on any atom is 0.254 e. The zero-order valence-corrected chi connectivity index (χ0v) is 11.2. The molecule has 0 saturated heterocycles. The van der Waals surface area contributed by atoms with Gasteiger partial charge in [0.15, 0.2) is 0 Å². The third-order valence-electron chi connectivity index (χ3n) is 3.89. The van der Waals surface area contributed by atoms with Crippen molar-refractivity contribution in [2.45, 2.75) is 45.1 Å². The Bertz CT molecular complexity index is 461. The summed E-state index contributed by atoms with van der Waals surface area (Å²) in [6, 6.07) is 3.75. The topological polar surface area (TPSA) is 49.3 Å². The van der Waals surface area contributed by atoms with E-state index in [1.807, 2.05) is 0 Å². The summed E-state index contributed by atoms with van der Waals surface area (Å²) in [6.45, 7) is 2.16. The Kier molecular flexibility index (Phi) is 4.40. The lowest BCUT2D eigenvalue weighted by atomic mass is 9.84. The highest BCUT2D eigenvalue weighted by atomic mass is 19.1. The molecular formula is C15H20FNO2. The fraction of sp³-hybridized carbons (Fsp3) is 0.533. The molecule has 2 unspecified atom stereocenters. The maximum absolute atomic E-state index is 13.6. The van der Waals surface area contributed by atoms with Gasteiger partial charge < -0.3 is 10.4 Å². The molecule has 1 amide bonds. The van der Waals surface area contributed by atoms with Gasteiger partial charge in [-0.1, -0.05) is 26.2 Å². The van der Waals surface area contributed by atoms with Crippen molar-refractivity contribution in [1.82, 2.24) is 5.32 Å². The van der Waals surface area contributed by atoms with Crippen molar-refractivity contribution in [3.8, 4) is 5.75 Å². The largest absolute Gasteiger partial charge is 0.508 e. The Hall–Kier alpha value is -1.58. The standard InChI is InChI=1S/C15H20FNO2/c1-2-10-4-3-5-11(8-10)17-15(19)13-7-6-12(18)9-14(13)16/h6-7,9-11,18H,2-5,8H2,1H3,(H,17,19). The quantitative estimate of drug-likeness (QED) is 0.881. The lowest BCUT2D eigenvalue weighted by Gasteiger charge is -2.29. The number of phenolic OH excluding ortho intramolecular Hbond substituents is 1. The normalized spacial score (nSPS) is 23.1. The molecule has 4 heteroatoms. The van der Waals surface area contributed by atoms with E-state index in [0.29, 0.717) is 5.92 Å². The molecule has 0 bridgehead atoms. The van der Waals surface area contributed by atoms with Crippen molar-refractivity contribution in [2.24, 2.45) is 5.92 Å². The zero-order valence-electron chi connectivity index (χ0n) is 11.2. The van der Waals surface area contributed by atoms with E-state index in [2.05, 4.69) is 12.2 Å². The van der Waals surface area contributed by atoms with Crippen LogP contribution in [0.5, 0.6) is 5.75 Å². The molecule has 1 saturated carbocycles. The average Bonchev–Trinajstić information content (AvgIpc) is 2.38. The molecule has 19 heavy (non-hydrogen) atoms. The van der Waals surface area contributed by atoms with Crippen molar-refractivity contribution in [1.29, 1.82) is 0 Å². The Labute approximate surface area is 112 Å². The number of rotatable bonds is 3. The van der Waals surface area contributed by atoms with Crippen molar-refractivity contribution < 1.29 is 14.3 Å². The summed E-state index contributed by atoms with van der Waals surface area (Å²) in [6.07, 6.45) is 5.39. The van der Waals surface area contributed by atoms with Gasteiger partial charge in [-0.15, -0.1) is 0 Å². The molecule has 1 aliphatic carbocycles. The first-order valence-corrected chi connectivity index (χ1v) is 6.89. The maximum atomic E-state index is 13.6. The minimum absolute atomic E-state index is 0.00331. The van der Waals surface area contributed by atoms with Gasteiger partial charge in [0.2, 0.25) is 0 Å². The summed E-state index contributed by atoms with van der Waals surface area (Å²) < 4.78 is 13.6. The van der Waals surface area contributed by atoms with Crippen molar-refractivity contribution >= 4 is 5.91 Å². The fourth-order valence-corrected chi connectivity index (χ4v) is 2.74. The van der Waals surface area contributed by atoms with Gasteiger partial charge in [0.05, 0.1) is 5.56 Å². The van der Waals surface area contributed by atoms with Crippen LogP contribution >= 0.6 is 0 Å². The van der Waals surface area contributed by atoms with E-state index in [-0.39, 0.29) is 23.3 Å². The first-order chi connectivity index (χ1) is 9.10. The highest BCUT2D eigenvalue weighted by molar-refractivity contribution is 5.94. The molecule has 104 valence electrons. The van der Waals surface area contributed by atoms with Crippen LogP contribution in [0.4, 0.5) is 4.39 Å². The van der Waals surface area contributed by atoms with E-state index in [1.54, 1.807) is 0 Å². The second kappa shape index (κ2) is 6.04. The number of amides is 1. The summed E-state index contributed by atoms with van der Waals surface area (Å²) in [5.74, 6) is -0.582. The van der Waals surface area contributed by atoms with Gasteiger partial charge in [0, 0.05) is 12.1 Å². The van der Waals surface area contributed by atoms with Crippen molar-refractivity contribution in [2.75, 3.05) is 0 Å². The van der Waals surface area contributed by atoms with E-state index in [4.69, 9.17) is 5.11 Å². The molecule has 2 atom stereocenters. The summed E-state index contributed by atoms with van der Waals surface area (Å²) in [7, 11) is 0. The summed E-state index contributed by atoms with van der Waals surface area (Å²) in [4.78, 5) is 12.0. The Balaban J connectivity index is 2.00. The van der Waals surface area contributed by atoms with Crippen LogP contribution in [-0.2, 0) is 0 Å². The molecule has 0 aliphatic heterocycles. The van der Waals surface area contributed by atoms with E-state index in [0.717, 1.165) is 31.7 Å². The van der Waals surface area contributed by atoms with E-state index < -0.39 is 5.82 Å². The predicted molar refractivity (Wildman–Crippen MR) is 71.6 cm³/mol. The predicted octanol–water partition coefficient (Wildman–Crippen LogP) is 3.23. The molecule has 0 aromatic heterocycles. The Morgan fingerprint density at radius 2 is 2.26 bits per heavy atom. The van der Waals surface area contributed by atoms with Crippen LogP contribution in [0.3, 0.4) is 0 Å². The van der Waals surface area contributed by atoms with Crippen molar-refractivity contribution in [3.05, 3.63) is 29.6 Å². The number of halogens is 1. The number of carbonyl (C=O) groups is 1. The van der Waals surface area contributed by atoms with E-state index in [1.165, 1.54) is 18.6 Å². The highest BCUT2D eigenvalue weighted by Crippen LogP contribution is 2.27. The molecule has 0 heterocycles. The number of phenols is 1. The molecule has 1 aliphatic rings. The number of benzene rings is 1. The van der Waals surface area contributed by atoms with E-state index >= 15 is 0 Å². The minimum atomic E-state index is -0.680. The van der Waals surface area contributed by atoms with E-state index in [9.17, 15) is 9.18 Å². The van der Waals surface area contributed by atoms with Gasteiger partial charge in [-0.2, -0.15) is 0 Å². The molecule has 2 N–H and O–H groups in total. The van der Waals surface area contributed by atoms with Crippen LogP contribution in [0.1, 0.15) is 49.4 Å². The molecule has 0 spiro atoms. The highest BCUT2D eigenvalue weighted by Gasteiger charge is 2.23. The van der Waals surface area contributed by atoms with Crippen LogP contribution in [0, 0.1) is 11.7 Å². The number of carbonyl (C=O) groups excluding carboxylic acids is 1. The summed E-state index contributed by atoms with van der Waals surface area (Å²) in [5.41, 5.74) is -0.00331. The second-order valence-electron chi connectivity index (χ2n) is 5.28. The molecule has 0 radical (unpaired) electrons. The second-order valence-corrected chi connectivity index (χ2v) is 5.28. The van der Waals surface area contributed by atoms with Gasteiger partial charge in [-0.05, 0) is 30.9 Å². The monoisotopic (exact) mass is 265 g/mol. The first kappa shape index (κ1) is 13.8. The van der Waals surface area contributed by atoms with Crippen molar-refractivity contribution in [3.63, 3.8) is 0 Å². The summed E-state index contributed by atoms with van der Waals surface area (Å²) in [5, 5.41) is 12.0. The number of hydrogen-bond donors (Lipinski definition) is 2. The first-order valence-electron chi connectivity index (χ1n) is 6.89. The van der Waals surface area contributed by atoms with Crippen LogP contribution in [0.25, 0.3) is 0 Å². The van der Waals surface area contributed by atoms with Crippen LogP contribution < -0.4 is 5.32 Å². The van der Waals surface area contributed by atoms with Gasteiger partial charge >= 0.3 is 0 Å². The Morgan fingerprint density at radius 3 is 2.95 bits per heavy atom. The average molecular weight is 265 g/mol. The lowest BCUT2D eigenvalue weighted by molar-refractivity contribution is 0.0915. The number of aromatic hydroxyl groups is 1. The zero-order chi connectivity index (χ0) is 13.8. The van der Waals surface area contributed by atoms with Gasteiger partial charge in [0.1, 0.15) is 11.6 Å². The fourth-order valence-electron chi connectivity index (χ4n) is 2.74. The summed E-state index contributed by atoms with van der Waals surface area (Å²) >= 11 is 0. The molecular weight excluding hydrogens is 245 g/mol. The smallest absolute Gasteiger partial charge is 0.254 e. The SMILES string of the molecule is CCC1CCCC(NC(=O)c2ccc(O)cc2F)C1. The molecule has 2 rings (SSSR count). The minimum Gasteiger partial charge on any atom is -0.508 e. The number of nitrogens with one attached hydrogen (secondary N) is 1. The molecule has 3 nitrogen and oxygen atoms in total. The van der Waals surface area contributed by atoms with Crippen LogP contribution in [-0.4, -0.2) is 17.1 Å². The third kappa shape index (κ3) is 3.46. The lowest BCUT2D eigenvalue weighted by Crippen LogP contribution is -2.38.